The van der Waals surface area contributed by atoms with E-state index in [4.69, 9.17) is 0 Å². The van der Waals surface area contributed by atoms with Gasteiger partial charge < -0.3 is 0 Å². The van der Waals surface area contributed by atoms with E-state index in [1.54, 1.807) is 10.7 Å². The highest BCUT2D eigenvalue weighted by molar-refractivity contribution is 5.11. The molecule has 6 heteroatoms. The molecule has 0 saturated carbocycles. The minimum Gasteiger partial charge on any atom is -0.293 e. The van der Waals surface area contributed by atoms with Crippen molar-refractivity contribution in [2.75, 3.05) is 6.54 Å². The number of rotatable bonds is 4. The molecule has 6 nitrogen and oxygen atoms in total. The van der Waals surface area contributed by atoms with Crippen molar-refractivity contribution in [2.45, 2.75) is 65.1 Å². The molecule has 0 aliphatic carbocycles. The summed E-state index contributed by atoms with van der Waals surface area (Å²) in [6.45, 7) is 10.9. The van der Waals surface area contributed by atoms with Crippen molar-refractivity contribution in [1.29, 1.82) is 0 Å². The minimum atomic E-state index is -0.0582. The van der Waals surface area contributed by atoms with Crippen LogP contribution in [0.4, 0.5) is 0 Å². The van der Waals surface area contributed by atoms with Gasteiger partial charge in [-0.3, -0.25) is 14.8 Å². The van der Waals surface area contributed by atoms with Crippen LogP contribution in [0.5, 0.6) is 0 Å². The maximum atomic E-state index is 12.2. The number of hydrogen-bond acceptors (Lipinski definition) is 4. The Morgan fingerprint density at radius 3 is 2.79 bits per heavy atom. The molecule has 0 aromatic carbocycles. The molecule has 24 heavy (non-hydrogen) atoms. The van der Waals surface area contributed by atoms with E-state index in [1.165, 1.54) is 0 Å². The van der Waals surface area contributed by atoms with Crippen LogP contribution in [-0.2, 0) is 18.5 Å². The van der Waals surface area contributed by atoms with Gasteiger partial charge >= 0.3 is 0 Å². The van der Waals surface area contributed by atoms with Crippen LogP contribution in [-0.4, -0.2) is 37.5 Å². The van der Waals surface area contributed by atoms with Gasteiger partial charge in [0, 0.05) is 29.8 Å². The van der Waals surface area contributed by atoms with Crippen LogP contribution in [0.15, 0.2) is 23.0 Å². The van der Waals surface area contributed by atoms with Gasteiger partial charge in [0.05, 0.1) is 17.9 Å². The lowest BCUT2D eigenvalue weighted by molar-refractivity contribution is 0.213. The number of nitrogens with zero attached hydrogens (tertiary/aromatic N) is 4. The Hall–Kier alpha value is -1.95. The lowest BCUT2D eigenvalue weighted by atomic mass is 9.92. The average Bonchev–Trinajstić information content (AvgIpc) is 3.10. The van der Waals surface area contributed by atoms with E-state index in [0.717, 1.165) is 43.0 Å². The highest BCUT2D eigenvalue weighted by Gasteiger charge is 2.26. The third kappa shape index (κ3) is 3.75. The maximum absolute atomic E-state index is 12.2. The van der Waals surface area contributed by atoms with E-state index >= 15 is 0 Å². The lowest BCUT2D eigenvalue weighted by Gasteiger charge is -2.25. The lowest BCUT2D eigenvalue weighted by Crippen LogP contribution is -2.37. The van der Waals surface area contributed by atoms with Gasteiger partial charge in [-0.25, -0.2) is 4.68 Å². The van der Waals surface area contributed by atoms with Crippen LogP contribution in [0.3, 0.4) is 0 Å². The van der Waals surface area contributed by atoms with Crippen molar-refractivity contribution in [3.8, 4) is 0 Å². The van der Waals surface area contributed by atoms with Crippen molar-refractivity contribution in [2.24, 2.45) is 0 Å². The Kier molecular flexibility index (Phi) is 4.58. The van der Waals surface area contributed by atoms with Gasteiger partial charge in [0.25, 0.3) is 5.56 Å². The summed E-state index contributed by atoms with van der Waals surface area (Å²) in [6, 6.07) is 5.91. The summed E-state index contributed by atoms with van der Waals surface area (Å²) in [5, 5.41) is 11.9. The Morgan fingerprint density at radius 2 is 2.12 bits per heavy atom. The first kappa shape index (κ1) is 16.9. The van der Waals surface area contributed by atoms with Crippen LogP contribution in [0, 0.1) is 6.92 Å². The monoisotopic (exact) mass is 329 g/mol. The summed E-state index contributed by atoms with van der Waals surface area (Å²) in [6.07, 6.45) is 2.25. The molecule has 3 rings (SSSR count). The number of nitrogens with one attached hydrogen (secondary N) is 1. The average molecular weight is 329 g/mol. The topological polar surface area (TPSA) is 66.8 Å². The first-order chi connectivity index (χ1) is 11.3. The summed E-state index contributed by atoms with van der Waals surface area (Å²) in [4.78, 5) is 14.6. The molecule has 1 saturated heterocycles. The Balaban J connectivity index is 1.76. The SMILES string of the molecule is Cc1cc(CN2CCCC2Cn2nc(C(C)(C)C)ccc2=O)n[nH]1. The van der Waals surface area contributed by atoms with Crippen LogP contribution in [0.1, 0.15) is 50.7 Å². The molecule has 130 valence electrons. The van der Waals surface area contributed by atoms with Crippen molar-refractivity contribution >= 4 is 0 Å². The van der Waals surface area contributed by atoms with Gasteiger partial charge in [-0.15, -0.1) is 0 Å². The van der Waals surface area contributed by atoms with Gasteiger partial charge in [-0.2, -0.15) is 10.2 Å². The van der Waals surface area contributed by atoms with Crippen LogP contribution in [0.25, 0.3) is 0 Å². The third-order valence-electron chi connectivity index (χ3n) is 4.64. The molecule has 0 spiro atoms. The van der Waals surface area contributed by atoms with E-state index in [9.17, 15) is 4.79 Å². The normalized spacial score (nSPS) is 19.1. The molecule has 0 amide bonds. The maximum Gasteiger partial charge on any atom is 0.266 e. The van der Waals surface area contributed by atoms with Crippen LogP contribution >= 0.6 is 0 Å². The fourth-order valence-electron chi connectivity index (χ4n) is 3.25. The Labute approximate surface area is 142 Å². The molecule has 0 bridgehead atoms. The first-order valence-corrected chi connectivity index (χ1v) is 8.66. The third-order valence-corrected chi connectivity index (χ3v) is 4.64. The molecular formula is C18H27N5O. The zero-order valence-electron chi connectivity index (χ0n) is 15.0. The summed E-state index contributed by atoms with van der Waals surface area (Å²) in [7, 11) is 0. The van der Waals surface area contributed by atoms with E-state index in [0.29, 0.717) is 12.6 Å². The van der Waals surface area contributed by atoms with E-state index in [1.807, 2.05) is 13.0 Å². The van der Waals surface area contributed by atoms with Gasteiger partial charge in [0.15, 0.2) is 0 Å². The molecule has 0 radical (unpaired) electrons. The first-order valence-electron chi connectivity index (χ1n) is 8.66. The van der Waals surface area contributed by atoms with Crippen molar-refractivity contribution in [3.05, 3.63) is 45.6 Å². The Morgan fingerprint density at radius 1 is 1.33 bits per heavy atom. The predicted octanol–water partition coefficient (Wildman–Crippen LogP) is 2.24. The second-order valence-electron chi connectivity index (χ2n) is 7.80. The quantitative estimate of drug-likeness (QED) is 0.934. The molecule has 3 heterocycles. The number of H-pyrrole nitrogens is 1. The van der Waals surface area contributed by atoms with E-state index in [2.05, 4.69) is 47.0 Å². The summed E-state index contributed by atoms with van der Waals surface area (Å²) in [5.74, 6) is 0. The summed E-state index contributed by atoms with van der Waals surface area (Å²) >= 11 is 0. The summed E-state index contributed by atoms with van der Waals surface area (Å²) < 4.78 is 1.64. The number of likely N-dealkylation sites (tertiary alicyclic amines) is 1. The molecule has 1 aliphatic heterocycles. The molecular weight excluding hydrogens is 302 g/mol. The van der Waals surface area contributed by atoms with Crippen molar-refractivity contribution in [1.82, 2.24) is 24.9 Å². The zero-order valence-corrected chi connectivity index (χ0v) is 15.0. The smallest absolute Gasteiger partial charge is 0.266 e. The highest BCUT2D eigenvalue weighted by Crippen LogP contribution is 2.22. The molecule has 2 aromatic rings. The van der Waals surface area contributed by atoms with Crippen molar-refractivity contribution in [3.63, 3.8) is 0 Å². The number of hydrogen-bond donors (Lipinski definition) is 1. The standard InChI is InChI=1S/C18H27N5O/c1-13-10-14(20-19-13)11-22-9-5-6-15(22)12-23-17(24)8-7-16(21-23)18(2,3)4/h7-8,10,15H,5-6,9,11-12H2,1-4H3,(H,19,20). The Bertz CT molecular complexity index is 755. The predicted molar refractivity (Wildman–Crippen MR) is 94.0 cm³/mol. The summed E-state index contributed by atoms with van der Waals surface area (Å²) in [5.41, 5.74) is 3.01. The van der Waals surface area contributed by atoms with Gasteiger partial charge in [0.1, 0.15) is 0 Å². The molecule has 1 aliphatic rings. The highest BCUT2D eigenvalue weighted by atomic mass is 16.1. The van der Waals surface area contributed by atoms with E-state index < -0.39 is 0 Å². The van der Waals surface area contributed by atoms with Crippen LogP contribution in [0.2, 0.25) is 0 Å². The minimum absolute atomic E-state index is 0.0227. The molecule has 1 N–H and O–H groups in total. The van der Waals surface area contributed by atoms with Crippen LogP contribution < -0.4 is 5.56 Å². The molecule has 1 fully saturated rings. The fraction of sp³-hybridized carbons (Fsp3) is 0.611. The molecule has 1 atom stereocenters. The largest absolute Gasteiger partial charge is 0.293 e. The molecule has 2 aromatic heterocycles. The number of aromatic nitrogens is 4. The van der Waals surface area contributed by atoms with Gasteiger partial charge in [-0.05, 0) is 38.4 Å². The number of aromatic amines is 1. The van der Waals surface area contributed by atoms with Gasteiger partial charge in [0.2, 0.25) is 0 Å². The number of aryl methyl sites for hydroxylation is 1. The van der Waals surface area contributed by atoms with Gasteiger partial charge in [-0.1, -0.05) is 20.8 Å². The van der Waals surface area contributed by atoms with E-state index in [-0.39, 0.29) is 11.0 Å². The van der Waals surface area contributed by atoms with Crippen molar-refractivity contribution < 1.29 is 0 Å². The molecule has 1 unspecified atom stereocenters. The second-order valence-corrected chi connectivity index (χ2v) is 7.80. The fourth-order valence-corrected chi connectivity index (χ4v) is 3.25. The second kappa shape index (κ2) is 6.51. The zero-order chi connectivity index (χ0) is 17.3.